The van der Waals surface area contributed by atoms with Gasteiger partial charge in [0.1, 0.15) is 6.07 Å². The topological polar surface area (TPSA) is 87.5 Å². The van der Waals surface area contributed by atoms with Crippen molar-refractivity contribution in [1.29, 1.82) is 5.26 Å². The molecule has 41 heavy (non-hydrogen) atoms. The number of nitriles is 1. The van der Waals surface area contributed by atoms with Gasteiger partial charge in [0.15, 0.2) is 11.6 Å². The Bertz CT molecular complexity index is 1380. The normalized spacial score (nSPS) is 49.6. The van der Waals surface area contributed by atoms with Crippen molar-refractivity contribution < 1.29 is 19.1 Å². The zero-order valence-electron chi connectivity index (χ0n) is 25.8. The number of Topliss-reactive ketones (excluding diaryl/α,β-unsaturated/α-hetero) is 1. The Balaban J connectivity index is 1.37. The molecule has 1 aliphatic heterocycles. The van der Waals surface area contributed by atoms with Crippen molar-refractivity contribution in [3.05, 3.63) is 23.3 Å². The number of fused-ring (bicyclic) bond motifs is 6. The molecule has 1 spiro atoms. The second-order valence-electron chi connectivity index (χ2n) is 16.5. The molecule has 0 aromatic rings. The van der Waals surface area contributed by atoms with Gasteiger partial charge < -0.3 is 9.64 Å². The van der Waals surface area contributed by atoms with Crippen molar-refractivity contribution in [2.24, 2.45) is 49.7 Å². The summed E-state index contributed by atoms with van der Waals surface area (Å²) in [6, 6.07) is 2.22. The van der Waals surface area contributed by atoms with Crippen molar-refractivity contribution in [2.75, 3.05) is 26.3 Å². The van der Waals surface area contributed by atoms with Crippen LogP contribution in [0, 0.1) is 61.1 Å². The molecule has 6 heteroatoms. The molecule has 1 heterocycles. The van der Waals surface area contributed by atoms with Crippen LogP contribution in [0.5, 0.6) is 0 Å². The SMILES string of the molecule is CC1(C)CC[C@]2(C(=O)N3CCOCC3)CC[C@]3(C)C(C(=O)C=C4[C@@]5(C)C=C(C#N)C(=O)C6(C)C[C@]65CC[C@]43C)C2C1. The first-order valence-corrected chi connectivity index (χ1v) is 16.0. The Hall–Kier alpha value is -2.26. The number of allylic oxidation sites excluding steroid dienone is 4. The summed E-state index contributed by atoms with van der Waals surface area (Å²) in [6.07, 6.45) is 11.0. The third-order valence-corrected chi connectivity index (χ3v) is 14.6. The van der Waals surface area contributed by atoms with E-state index in [0.717, 1.165) is 56.9 Å². The van der Waals surface area contributed by atoms with E-state index in [1.807, 2.05) is 24.0 Å². The number of hydrogen-bond donors (Lipinski definition) is 0. The lowest BCUT2D eigenvalue weighted by Gasteiger charge is -2.68. The van der Waals surface area contributed by atoms with Gasteiger partial charge in [0, 0.05) is 29.8 Å². The fourth-order valence-electron chi connectivity index (χ4n) is 11.8. The quantitative estimate of drug-likeness (QED) is 0.405. The van der Waals surface area contributed by atoms with Crippen LogP contribution in [0.3, 0.4) is 0 Å². The van der Waals surface area contributed by atoms with E-state index in [4.69, 9.17) is 4.74 Å². The first kappa shape index (κ1) is 27.6. The van der Waals surface area contributed by atoms with Crippen LogP contribution < -0.4 is 0 Å². The van der Waals surface area contributed by atoms with Gasteiger partial charge >= 0.3 is 0 Å². The zero-order chi connectivity index (χ0) is 29.4. The van der Waals surface area contributed by atoms with E-state index >= 15 is 0 Å². The van der Waals surface area contributed by atoms with Crippen molar-refractivity contribution in [3.63, 3.8) is 0 Å². The second kappa shape index (κ2) is 8.01. The molecule has 1 amide bonds. The van der Waals surface area contributed by atoms with Crippen LogP contribution >= 0.6 is 0 Å². The number of carbonyl (C=O) groups is 3. The lowest BCUT2D eigenvalue weighted by molar-refractivity contribution is -0.186. The molecule has 1 saturated heterocycles. The average Bonchev–Trinajstić information content (AvgIpc) is 3.58. The van der Waals surface area contributed by atoms with Gasteiger partial charge in [-0.3, -0.25) is 14.4 Å². The molecule has 0 N–H and O–H groups in total. The van der Waals surface area contributed by atoms with E-state index in [9.17, 15) is 19.6 Å². The summed E-state index contributed by atoms with van der Waals surface area (Å²) in [4.78, 5) is 44.5. The van der Waals surface area contributed by atoms with E-state index in [1.54, 1.807) is 0 Å². The predicted octanol–water partition coefficient (Wildman–Crippen LogP) is 5.82. The van der Waals surface area contributed by atoms with Crippen molar-refractivity contribution in [3.8, 4) is 6.07 Å². The maximum Gasteiger partial charge on any atom is 0.229 e. The Kier molecular flexibility index (Phi) is 5.39. The van der Waals surface area contributed by atoms with Gasteiger partial charge in [0.05, 0.1) is 24.2 Å². The Morgan fingerprint density at radius 3 is 2.32 bits per heavy atom. The maximum atomic E-state index is 14.7. The van der Waals surface area contributed by atoms with Crippen LogP contribution in [0.4, 0.5) is 0 Å². The highest BCUT2D eigenvalue weighted by Crippen LogP contribution is 2.85. The highest BCUT2D eigenvalue weighted by molar-refractivity contribution is 6.08. The molecule has 3 unspecified atom stereocenters. The van der Waals surface area contributed by atoms with E-state index in [1.165, 1.54) is 0 Å². The summed E-state index contributed by atoms with van der Waals surface area (Å²) in [5.74, 6) is 0.220. The molecule has 6 aliphatic carbocycles. The molecule has 0 aromatic carbocycles. The van der Waals surface area contributed by atoms with Gasteiger partial charge in [-0.25, -0.2) is 0 Å². The van der Waals surface area contributed by atoms with Gasteiger partial charge in [-0.2, -0.15) is 5.26 Å². The highest BCUT2D eigenvalue weighted by Gasteiger charge is 2.81. The standard InChI is InChI=1S/C35H46N2O4/c1-29(2)7-10-34(28(40)37-13-15-41-16-14-37)11-8-31(4)26(23(34)19-29)24(38)17-25-30(31,3)9-12-35-21-33(35,6)27(39)22(20-36)18-32(25,35)5/h17-18,23,26H,7-16,19,21H2,1-6H3/t23?,26?,30-,31-,32-,33?,34+,35+/m1/s1. The summed E-state index contributed by atoms with van der Waals surface area (Å²) in [5.41, 5.74) is -0.785. The first-order chi connectivity index (χ1) is 19.1. The van der Waals surface area contributed by atoms with Gasteiger partial charge in [-0.1, -0.05) is 47.6 Å². The molecule has 0 aromatic heterocycles. The molecule has 4 saturated carbocycles. The highest BCUT2D eigenvalue weighted by atomic mass is 16.5. The summed E-state index contributed by atoms with van der Waals surface area (Å²) in [5, 5.41) is 9.96. The third-order valence-electron chi connectivity index (χ3n) is 14.6. The number of ketones is 2. The summed E-state index contributed by atoms with van der Waals surface area (Å²) in [7, 11) is 0. The van der Waals surface area contributed by atoms with Crippen LogP contribution in [0.15, 0.2) is 23.3 Å². The Morgan fingerprint density at radius 2 is 1.63 bits per heavy atom. The fourth-order valence-corrected chi connectivity index (χ4v) is 11.8. The van der Waals surface area contributed by atoms with E-state index < -0.39 is 16.2 Å². The molecular weight excluding hydrogens is 512 g/mol. The van der Waals surface area contributed by atoms with Crippen molar-refractivity contribution in [1.82, 2.24) is 4.90 Å². The Labute approximate surface area is 244 Å². The average molecular weight is 559 g/mol. The van der Waals surface area contributed by atoms with Crippen LogP contribution in [0.25, 0.3) is 0 Å². The molecule has 0 bridgehead atoms. The number of amides is 1. The predicted molar refractivity (Wildman–Crippen MR) is 154 cm³/mol. The number of ether oxygens (including phenoxy) is 1. The molecule has 6 nitrogen and oxygen atoms in total. The Morgan fingerprint density at radius 1 is 0.951 bits per heavy atom. The summed E-state index contributed by atoms with van der Waals surface area (Å²) < 4.78 is 5.59. The minimum absolute atomic E-state index is 0.00972. The van der Waals surface area contributed by atoms with Crippen LogP contribution in [0.1, 0.15) is 92.9 Å². The largest absolute Gasteiger partial charge is 0.378 e. The monoisotopic (exact) mass is 558 g/mol. The lowest BCUT2D eigenvalue weighted by Crippen LogP contribution is -2.66. The number of morpholine rings is 1. The third kappa shape index (κ3) is 3.05. The smallest absolute Gasteiger partial charge is 0.229 e. The van der Waals surface area contributed by atoms with Crippen LogP contribution in [-0.4, -0.2) is 48.7 Å². The van der Waals surface area contributed by atoms with Gasteiger partial charge in [-0.05, 0) is 90.6 Å². The molecule has 0 radical (unpaired) electrons. The number of nitrogens with zero attached hydrogens (tertiary/aromatic N) is 2. The number of rotatable bonds is 1. The minimum Gasteiger partial charge on any atom is -0.378 e. The first-order valence-electron chi connectivity index (χ1n) is 16.0. The summed E-state index contributed by atoms with van der Waals surface area (Å²) in [6.45, 7) is 16.1. The maximum absolute atomic E-state index is 14.7. The van der Waals surface area contributed by atoms with Crippen molar-refractivity contribution >= 4 is 17.5 Å². The van der Waals surface area contributed by atoms with Gasteiger partial charge in [0.2, 0.25) is 5.91 Å². The fraction of sp³-hybridized carbons (Fsp3) is 0.771. The molecule has 220 valence electrons. The van der Waals surface area contributed by atoms with Crippen molar-refractivity contribution in [2.45, 2.75) is 92.9 Å². The zero-order valence-corrected chi connectivity index (χ0v) is 25.8. The van der Waals surface area contributed by atoms with Crippen LogP contribution in [0.2, 0.25) is 0 Å². The van der Waals surface area contributed by atoms with E-state index in [-0.39, 0.29) is 56.5 Å². The molecule has 8 atom stereocenters. The number of carbonyl (C=O) groups excluding carboxylic acids is 3. The van der Waals surface area contributed by atoms with E-state index in [0.29, 0.717) is 26.3 Å². The molecular formula is C35H46N2O4. The van der Waals surface area contributed by atoms with Gasteiger partial charge in [-0.15, -0.1) is 0 Å². The molecule has 5 fully saturated rings. The second-order valence-corrected chi connectivity index (χ2v) is 16.5. The summed E-state index contributed by atoms with van der Waals surface area (Å²) >= 11 is 0. The van der Waals surface area contributed by atoms with E-state index in [2.05, 4.69) is 40.7 Å². The molecule has 7 aliphatic rings. The van der Waals surface area contributed by atoms with Gasteiger partial charge in [0.25, 0.3) is 0 Å². The minimum atomic E-state index is -0.524. The van der Waals surface area contributed by atoms with Crippen LogP contribution in [-0.2, 0) is 19.1 Å². The number of hydrogen-bond acceptors (Lipinski definition) is 5. The lowest BCUT2D eigenvalue weighted by atomic mass is 9.34. The molecule has 7 rings (SSSR count).